The monoisotopic (exact) mass is 431 g/mol. The summed E-state index contributed by atoms with van der Waals surface area (Å²) < 4.78 is 6.86. The van der Waals surface area contributed by atoms with Crippen LogP contribution in [0.15, 0.2) is 78.9 Å². The Kier molecular flexibility index (Phi) is 5.47. The van der Waals surface area contributed by atoms with Crippen molar-refractivity contribution in [3.8, 4) is 0 Å². The van der Waals surface area contributed by atoms with Crippen LogP contribution in [-0.4, -0.2) is 23.2 Å². The van der Waals surface area contributed by atoms with Gasteiger partial charge in [-0.15, -0.1) is 0 Å². The molecule has 0 bridgehead atoms. The van der Waals surface area contributed by atoms with E-state index in [1.807, 2.05) is 36.4 Å². The molecule has 158 valence electrons. The second-order valence-electron chi connectivity index (χ2n) is 8.57. The third-order valence-corrected chi connectivity index (χ3v) is 10.6. The van der Waals surface area contributed by atoms with Crippen LogP contribution in [0.25, 0.3) is 11.0 Å². The first-order valence-corrected chi connectivity index (χ1v) is 12.1. The Balaban J connectivity index is 1.80. The van der Waals surface area contributed by atoms with Crippen LogP contribution in [0.5, 0.6) is 0 Å². The van der Waals surface area contributed by atoms with E-state index >= 15 is 0 Å². The quantitative estimate of drug-likeness (QED) is 0.276. The molecule has 1 N–H and O–H groups in total. The summed E-state index contributed by atoms with van der Waals surface area (Å²) in [4.78, 5) is 18.7. The van der Waals surface area contributed by atoms with Gasteiger partial charge in [0.05, 0.1) is 17.0 Å². The Bertz CT molecular complexity index is 1160. The van der Waals surface area contributed by atoms with Gasteiger partial charge in [0.15, 0.2) is 5.52 Å². The number of nitro groups is 1. The van der Waals surface area contributed by atoms with E-state index in [-0.39, 0.29) is 17.3 Å². The van der Waals surface area contributed by atoms with Crippen molar-refractivity contribution in [1.29, 1.82) is 0 Å². The average Bonchev–Trinajstić information content (AvgIpc) is 3.17. The predicted molar refractivity (Wildman–Crippen MR) is 125 cm³/mol. The van der Waals surface area contributed by atoms with Gasteiger partial charge >= 0.3 is 0 Å². The van der Waals surface area contributed by atoms with Crippen LogP contribution in [0.1, 0.15) is 26.6 Å². The zero-order valence-electron chi connectivity index (χ0n) is 17.8. The van der Waals surface area contributed by atoms with Crippen LogP contribution in [0.4, 0.5) is 5.69 Å². The molecule has 31 heavy (non-hydrogen) atoms. The maximum absolute atomic E-state index is 11.4. The molecule has 0 spiro atoms. The van der Waals surface area contributed by atoms with Crippen molar-refractivity contribution in [2.45, 2.75) is 32.4 Å². The number of non-ortho nitro benzene ring substituents is 1. The van der Waals surface area contributed by atoms with Gasteiger partial charge in [0.1, 0.15) is 5.82 Å². The first kappa shape index (κ1) is 21.0. The maximum atomic E-state index is 11.4. The van der Waals surface area contributed by atoms with Crippen molar-refractivity contribution in [2.75, 3.05) is 0 Å². The molecule has 0 saturated heterocycles. The SMILES string of the molecule is CC(C)(C)[Si](OCc1nc2c([N+](=O)[O-])cccc2[nH]1)(c1ccccc1)c1ccccc1. The van der Waals surface area contributed by atoms with Gasteiger partial charge in [-0.05, 0) is 21.5 Å². The van der Waals surface area contributed by atoms with Crippen molar-refractivity contribution in [1.82, 2.24) is 9.97 Å². The number of hydrogen-bond donors (Lipinski definition) is 1. The van der Waals surface area contributed by atoms with Gasteiger partial charge in [0.25, 0.3) is 14.0 Å². The molecule has 0 saturated carbocycles. The zero-order valence-corrected chi connectivity index (χ0v) is 18.8. The van der Waals surface area contributed by atoms with Gasteiger partial charge < -0.3 is 9.41 Å². The summed E-state index contributed by atoms with van der Waals surface area (Å²) in [5, 5.41) is 13.6. The number of para-hydroxylation sites is 1. The molecule has 0 unspecified atom stereocenters. The zero-order chi connectivity index (χ0) is 22.1. The van der Waals surface area contributed by atoms with E-state index in [9.17, 15) is 10.1 Å². The minimum Gasteiger partial charge on any atom is -0.400 e. The molecule has 0 fully saturated rings. The van der Waals surface area contributed by atoms with E-state index in [2.05, 4.69) is 55.0 Å². The van der Waals surface area contributed by atoms with Gasteiger partial charge in [-0.3, -0.25) is 10.1 Å². The van der Waals surface area contributed by atoms with Crippen LogP contribution < -0.4 is 10.4 Å². The van der Waals surface area contributed by atoms with E-state index in [0.29, 0.717) is 16.9 Å². The smallest absolute Gasteiger partial charge is 0.297 e. The predicted octanol–water partition coefficient (Wildman–Crippen LogP) is 4.55. The Hall–Kier alpha value is -3.29. The van der Waals surface area contributed by atoms with E-state index in [0.717, 1.165) is 0 Å². The molecule has 0 radical (unpaired) electrons. The number of fused-ring (bicyclic) bond motifs is 1. The van der Waals surface area contributed by atoms with Gasteiger partial charge in [0, 0.05) is 6.07 Å². The summed E-state index contributed by atoms with van der Waals surface area (Å²) in [6.07, 6.45) is 0. The summed E-state index contributed by atoms with van der Waals surface area (Å²) in [6, 6.07) is 25.6. The highest BCUT2D eigenvalue weighted by Gasteiger charge is 2.50. The van der Waals surface area contributed by atoms with Gasteiger partial charge in [-0.1, -0.05) is 87.5 Å². The summed E-state index contributed by atoms with van der Waals surface area (Å²) >= 11 is 0. The molecule has 1 heterocycles. The fraction of sp³-hybridized carbons (Fsp3) is 0.208. The molecular weight excluding hydrogens is 406 g/mol. The summed E-state index contributed by atoms with van der Waals surface area (Å²) in [5.41, 5.74) is 0.981. The van der Waals surface area contributed by atoms with Gasteiger partial charge in [-0.25, -0.2) is 4.98 Å². The molecule has 4 rings (SSSR count). The third-order valence-electron chi connectivity index (χ3n) is 5.58. The lowest BCUT2D eigenvalue weighted by Gasteiger charge is -2.42. The van der Waals surface area contributed by atoms with Crippen molar-refractivity contribution < 1.29 is 9.35 Å². The molecule has 1 aromatic heterocycles. The second-order valence-corrected chi connectivity index (χ2v) is 12.9. The van der Waals surface area contributed by atoms with Crippen LogP contribution in [-0.2, 0) is 11.0 Å². The largest absolute Gasteiger partial charge is 0.400 e. The Morgan fingerprint density at radius 3 is 2.03 bits per heavy atom. The summed E-state index contributed by atoms with van der Waals surface area (Å²) in [7, 11) is -2.71. The highest BCUT2D eigenvalue weighted by atomic mass is 28.4. The Morgan fingerprint density at radius 2 is 1.52 bits per heavy atom. The molecule has 0 aliphatic rings. The maximum Gasteiger partial charge on any atom is 0.297 e. The number of nitro benzene ring substituents is 1. The van der Waals surface area contributed by atoms with Crippen LogP contribution in [0.2, 0.25) is 5.04 Å². The normalized spacial score (nSPS) is 12.2. The molecule has 0 aliphatic heterocycles. The first-order chi connectivity index (χ1) is 14.8. The van der Waals surface area contributed by atoms with Crippen LogP contribution in [0.3, 0.4) is 0 Å². The van der Waals surface area contributed by atoms with Crippen molar-refractivity contribution in [3.05, 3.63) is 94.8 Å². The van der Waals surface area contributed by atoms with Crippen molar-refractivity contribution in [3.63, 3.8) is 0 Å². The van der Waals surface area contributed by atoms with E-state index in [1.165, 1.54) is 16.4 Å². The van der Waals surface area contributed by atoms with E-state index in [1.54, 1.807) is 12.1 Å². The second kappa shape index (κ2) is 8.09. The highest BCUT2D eigenvalue weighted by molar-refractivity contribution is 6.99. The van der Waals surface area contributed by atoms with Crippen molar-refractivity contribution in [2.24, 2.45) is 0 Å². The summed E-state index contributed by atoms with van der Waals surface area (Å²) in [6.45, 7) is 6.87. The highest BCUT2D eigenvalue weighted by Crippen LogP contribution is 2.37. The number of nitrogens with zero attached hydrogens (tertiary/aromatic N) is 2. The topological polar surface area (TPSA) is 81.1 Å². The number of benzene rings is 3. The number of aromatic nitrogens is 2. The van der Waals surface area contributed by atoms with E-state index < -0.39 is 13.2 Å². The Morgan fingerprint density at radius 1 is 0.935 bits per heavy atom. The fourth-order valence-corrected chi connectivity index (χ4v) is 8.73. The molecule has 6 nitrogen and oxygen atoms in total. The number of nitrogens with one attached hydrogen (secondary N) is 1. The lowest BCUT2D eigenvalue weighted by atomic mass is 10.2. The van der Waals surface area contributed by atoms with Crippen LogP contribution >= 0.6 is 0 Å². The molecule has 0 aliphatic carbocycles. The molecule has 7 heteroatoms. The molecular formula is C24H25N3O3Si. The lowest BCUT2D eigenvalue weighted by molar-refractivity contribution is -0.383. The Labute approximate surface area is 182 Å². The van der Waals surface area contributed by atoms with Crippen LogP contribution in [0, 0.1) is 10.1 Å². The number of hydrogen-bond acceptors (Lipinski definition) is 4. The lowest BCUT2D eigenvalue weighted by Crippen LogP contribution is -2.66. The number of rotatable bonds is 6. The standard InChI is InChI=1S/C24H25N3O3Si/c1-24(2,3)31(18-11-6-4-7-12-18,19-13-8-5-9-14-19)30-17-22-25-20-15-10-16-21(27(28)29)23(20)26-22/h4-16H,17H2,1-3H3,(H,25,26). The summed E-state index contributed by atoms with van der Waals surface area (Å²) in [5.74, 6) is 0.581. The molecule has 0 atom stereocenters. The number of H-pyrrole nitrogens is 1. The van der Waals surface area contributed by atoms with Crippen molar-refractivity contribution >= 4 is 35.4 Å². The van der Waals surface area contributed by atoms with Gasteiger partial charge in [0.2, 0.25) is 0 Å². The third kappa shape index (κ3) is 3.78. The minimum absolute atomic E-state index is 0.00884. The van der Waals surface area contributed by atoms with Gasteiger partial charge in [-0.2, -0.15) is 0 Å². The molecule has 0 amide bonds. The first-order valence-electron chi connectivity index (χ1n) is 10.2. The minimum atomic E-state index is -2.71. The fourth-order valence-electron chi connectivity index (χ4n) is 4.22. The van der Waals surface area contributed by atoms with E-state index in [4.69, 9.17) is 4.43 Å². The molecule has 4 aromatic rings. The molecule has 3 aromatic carbocycles. The average molecular weight is 432 g/mol. The number of imidazole rings is 1. The number of aromatic amines is 1.